The lowest BCUT2D eigenvalue weighted by atomic mass is 10.0. The molecule has 0 saturated carbocycles. The van der Waals surface area contributed by atoms with Gasteiger partial charge in [0, 0.05) is 17.8 Å². The number of ether oxygens (including phenoxy) is 1. The number of esters is 1. The zero-order chi connectivity index (χ0) is 20.1. The number of nitrogens with zero attached hydrogens (tertiary/aromatic N) is 2. The molecule has 0 spiro atoms. The van der Waals surface area contributed by atoms with Crippen LogP contribution in [-0.2, 0) is 9.53 Å². The number of carbonyl (C=O) groups is 2. The molecule has 148 valence electrons. The van der Waals surface area contributed by atoms with Gasteiger partial charge in [0.05, 0.1) is 5.69 Å². The van der Waals surface area contributed by atoms with Gasteiger partial charge < -0.3 is 9.64 Å². The van der Waals surface area contributed by atoms with E-state index in [0.717, 1.165) is 36.9 Å². The number of thiazole rings is 1. The Morgan fingerprint density at radius 1 is 1.25 bits per heavy atom. The molecule has 0 fully saturated rings. The fourth-order valence-electron chi connectivity index (χ4n) is 3.18. The summed E-state index contributed by atoms with van der Waals surface area (Å²) in [4.78, 5) is 31.4. The third kappa shape index (κ3) is 4.65. The fourth-order valence-corrected chi connectivity index (χ4v) is 4.14. The highest BCUT2D eigenvalue weighted by Gasteiger charge is 2.22. The first-order valence-electron chi connectivity index (χ1n) is 9.39. The van der Waals surface area contributed by atoms with E-state index in [1.165, 1.54) is 23.5 Å². The highest BCUT2D eigenvalue weighted by Crippen LogP contribution is 2.28. The molecule has 3 rings (SSSR count). The molecule has 0 N–H and O–H groups in total. The molecule has 1 aromatic heterocycles. The molecule has 0 saturated heterocycles. The number of aromatic nitrogens is 1. The van der Waals surface area contributed by atoms with Crippen LogP contribution < -0.4 is 0 Å². The Bertz CT molecular complexity index is 890. The summed E-state index contributed by atoms with van der Waals surface area (Å²) in [5, 5.41) is 0.610. The molecular weight excluding hydrogens is 379 g/mol. The van der Waals surface area contributed by atoms with Crippen molar-refractivity contribution in [2.24, 2.45) is 0 Å². The number of amides is 1. The topological polar surface area (TPSA) is 59.5 Å². The third-order valence-corrected chi connectivity index (χ3v) is 5.82. The van der Waals surface area contributed by atoms with Gasteiger partial charge in [0.2, 0.25) is 0 Å². The van der Waals surface area contributed by atoms with E-state index in [-0.39, 0.29) is 18.3 Å². The van der Waals surface area contributed by atoms with Gasteiger partial charge in [-0.3, -0.25) is 4.79 Å². The summed E-state index contributed by atoms with van der Waals surface area (Å²) in [5.41, 5.74) is 2.28. The highest BCUT2D eigenvalue weighted by molar-refractivity contribution is 7.17. The lowest BCUT2D eigenvalue weighted by Crippen LogP contribution is -2.34. The summed E-state index contributed by atoms with van der Waals surface area (Å²) >= 11 is 1.18. The van der Waals surface area contributed by atoms with Gasteiger partial charge in [-0.2, -0.15) is 0 Å². The molecule has 1 aliphatic rings. The van der Waals surface area contributed by atoms with E-state index in [0.29, 0.717) is 22.1 Å². The summed E-state index contributed by atoms with van der Waals surface area (Å²) in [6.07, 6.45) is 6.16. The van der Waals surface area contributed by atoms with Crippen LogP contribution in [0.15, 0.2) is 36.0 Å². The van der Waals surface area contributed by atoms with Gasteiger partial charge >= 0.3 is 5.97 Å². The lowest BCUT2D eigenvalue weighted by Gasteiger charge is -2.26. The minimum absolute atomic E-state index is 0.218. The molecule has 28 heavy (non-hydrogen) atoms. The fraction of sp³-hybridized carbons (Fsp3) is 0.381. The average Bonchev–Trinajstić information content (AvgIpc) is 3.10. The Morgan fingerprint density at radius 3 is 2.64 bits per heavy atom. The van der Waals surface area contributed by atoms with E-state index in [1.807, 2.05) is 6.92 Å². The van der Waals surface area contributed by atoms with E-state index in [9.17, 15) is 14.0 Å². The number of benzene rings is 1. The minimum Gasteiger partial charge on any atom is -0.451 e. The maximum absolute atomic E-state index is 13.1. The van der Waals surface area contributed by atoms with Crippen molar-refractivity contribution in [1.29, 1.82) is 0 Å². The van der Waals surface area contributed by atoms with Gasteiger partial charge in [-0.25, -0.2) is 14.2 Å². The number of hydrogen-bond donors (Lipinski definition) is 0. The maximum Gasteiger partial charge on any atom is 0.350 e. The Labute approximate surface area is 167 Å². The number of hydrogen-bond acceptors (Lipinski definition) is 5. The maximum atomic E-state index is 13.1. The summed E-state index contributed by atoms with van der Waals surface area (Å²) in [7, 11) is 0. The number of allylic oxidation sites excluding steroid dienone is 2. The molecule has 5 nitrogen and oxygen atoms in total. The third-order valence-electron chi connectivity index (χ3n) is 4.63. The van der Waals surface area contributed by atoms with E-state index in [1.54, 1.807) is 24.0 Å². The molecule has 0 bridgehead atoms. The average molecular weight is 402 g/mol. The molecule has 1 amide bonds. The van der Waals surface area contributed by atoms with Crippen molar-refractivity contribution in [2.75, 3.05) is 13.2 Å². The molecule has 1 aliphatic carbocycles. The van der Waals surface area contributed by atoms with E-state index in [2.05, 4.69) is 11.1 Å². The minimum atomic E-state index is -0.564. The zero-order valence-electron chi connectivity index (χ0n) is 16.0. The normalized spacial score (nSPS) is 13.8. The van der Waals surface area contributed by atoms with Crippen molar-refractivity contribution < 1.29 is 18.7 Å². The predicted molar refractivity (Wildman–Crippen MR) is 106 cm³/mol. The van der Waals surface area contributed by atoms with Crippen molar-refractivity contribution in [3.8, 4) is 10.6 Å². The van der Waals surface area contributed by atoms with Gasteiger partial charge in [-0.05, 0) is 63.8 Å². The van der Waals surface area contributed by atoms with Gasteiger partial charge in [-0.15, -0.1) is 11.3 Å². The largest absolute Gasteiger partial charge is 0.451 e. The van der Waals surface area contributed by atoms with Crippen LogP contribution in [0.1, 0.15) is 48.0 Å². The van der Waals surface area contributed by atoms with Gasteiger partial charge in [0.25, 0.3) is 5.91 Å². The Balaban J connectivity index is 1.65. The first-order valence-corrected chi connectivity index (χ1v) is 10.2. The Hall–Kier alpha value is -2.54. The molecule has 0 atom stereocenters. The van der Waals surface area contributed by atoms with E-state index >= 15 is 0 Å². The van der Waals surface area contributed by atoms with Gasteiger partial charge in [0.15, 0.2) is 6.61 Å². The highest BCUT2D eigenvalue weighted by atomic mass is 32.1. The Kier molecular flexibility index (Phi) is 6.57. The van der Waals surface area contributed by atoms with Crippen LogP contribution in [0.5, 0.6) is 0 Å². The summed E-state index contributed by atoms with van der Waals surface area (Å²) in [5.74, 6) is -1.11. The molecule has 1 aromatic carbocycles. The quantitative estimate of drug-likeness (QED) is 0.656. The van der Waals surface area contributed by atoms with Gasteiger partial charge in [0.1, 0.15) is 15.7 Å². The first-order chi connectivity index (χ1) is 13.5. The molecule has 7 heteroatoms. The van der Waals surface area contributed by atoms with Crippen molar-refractivity contribution in [3.63, 3.8) is 0 Å². The molecule has 0 aliphatic heterocycles. The predicted octanol–water partition coefficient (Wildman–Crippen LogP) is 4.72. The van der Waals surface area contributed by atoms with Crippen LogP contribution in [0.4, 0.5) is 4.39 Å². The van der Waals surface area contributed by atoms with Crippen LogP contribution in [0, 0.1) is 12.7 Å². The SMILES string of the molecule is CCN(C(=O)COC(=O)c1sc(-c2ccc(F)cc2)nc1C)C1=CCCCC1. The van der Waals surface area contributed by atoms with Gasteiger partial charge in [-0.1, -0.05) is 6.08 Å². The lowest BCUT2D eigenvalue weighted by molar-refractivity contribution is -0.132. The Morgan fingerprint density at radius 2 is 2.00 bits per heavy atom. The smallest absolute Gasteiger partial charge is 0.350 e. The second kappa shape index (κ2) is 9.10. The monoisotopic (exact) mass is 402 g/mol. The summed E-state index contributed by atoms with van der Waals surface area (Å²) in [6, 6.07) is 5.93. The number of likely N-dealkylation sites (N-methyl/N-ethyl adjacent to an activating group) is 1. The molecular formula is C21H23FN2O3S. The van der Waals surface area contributed by atoms with Crippen LogP contribution in [0.2, 0.25) is 0 Å². The van der Waals surface area contributed by atoms with Crippen LogP contribution >= 0.6 is 11.3 Å². The van der Waals surface area contributed by atoms with Crippen LogP contribution in [-0.4, -0.2) is 34.9 Å². The van der Waals surface area contributed by atoms with Crippen molar-refractivity contribution in [3.05, 3.63) is 52.4 Å². The van der Waals surface area contributed by atoms with Crippen molar-refractivity contribution in [1.82, 2.24) is 9.88 Å². The number of aryl methyl sites for hydroxylation is 1. The molecule has 0 radical (unpaired) electrons. The second-order valence-corrected chi connectivity index (χ2v) is 7.59. The molecule has 0 unspecified atom stereocenters. The number of rotatable bonds is 6. The molecule has 1 heterocycles. The van der Waals surface area contributed by atoms with Crippen LogP contribution in [0.3, 0.4) is 0 Å². The van der Waals surface area contributed by atoms with Crippen molar-refractivity contribution in [2.45, 2.75) is 39.5 Å². The summed E-state index contributed by atoms with van der Waals surface area (Å²) < 4.78 is 18.4. The molecule has 2 aromatic rings. The van der Waals surface area contributed by atoms with E-state index < -0.39 is 5.97 Å². The van der Waals surface area contributed by atoms with Crippen molar-refractivity contribution >= 4 is 23.2 Å². The second-order valence-electron chi connectivity index (χ2n) is 6.60. The summed E-state index contributed by atoms with van der Waals surface area (Å²) in [6.45, 7) is 3.88. The van der Waals surface area contributed by atoms with Crippen LogP contribution in [0.25, 0.3) is 10.6 Å². The first kappa shape index (κ1) is 20.2. The zero-order valence-corrected chi connectivity index (χ0v) is 16.9. The standard InChI is InChI=1S/C21H23FN2O3S/c1-3-24(17-7-5-4-6-8-17)18(25)13-27-21(26)19-14(2)23-20(28-19)15-9-11-16(22)12-10-15/h7,9-12H,3-6,8,13H2,1-2H3. The van der Waals surface area contributed by atoms with E-state index in [4.69, 9.17) is 4.74 Å². The number of carbonyl (C=O) groups excluding carboxylic acids is 2. The number of halogens is 1.